The summed E-state index contributed by atoms with van der Waals surface area (Å²) in [4.78, 5) is 2.34. The predicted octanol–water partition coefficient (Wildman–Crippen LogP) is -0.339. The molecule has 11 heavy (non-hydrogen) atoms. The average Bonchev–Trinajstić information content (AvgIpc) is 2.28. The van der Waals surface area contributed by atoms with Gasteiger partial charge in [-0.25, -0.2) is 0 Å². The maximum atomic E-state index is 8.58. The number of likely N-dealkylation sites (tertiary alicyclic amines) is 1. The van der Waals surface area contributed by atoms with Crippen LogP contribution in [0.1, 0.15) is 13.3 Å². The van der Waals surface area contributed by atoms with Crippen molar-refractivity contribution < 1.29 is 5.11 Å². The molecule has 3 heteroatoms. The maximum Gasteiger partial charge on any atom is 0.0556 e. The highest BCUT2D eigenvalue weighted by molar-refractivity contribution is 4.84. The van der Waals surface area contributed by atoms with Gasteiger partial charge >= 0.3 is 0 Å². The molecular formula is C8H18N2O. The third kappa shape index (κ3) is 2.43. The lowest BCUT2D eigenvalue weighted by molar-refractivity contribution is 0.282. The number of aliphatic hydroxyl groups is 1. The molecule has 0 aromatic heterocycles. The van der Waals surface area contributed by atoms with Crippen LogP contribution in [0.3, 0.4) is 0 Å². The Kier molecular flexibility index (Phi) is 3.30. The third-order valence-electron chi connectivity index (χ3n) is 2.43. The molecule has 2 unspecified atom stereocenters. The standard InChI is InChI=1S/C8H18N2O/c1-7-5-8(6-10(7)2)9-3-4-11/h7-9,11H,3-6H2,1-2H3. The summed E-state index contributed by atoms with van der Waals surface area (Å²) >= 11 is 0. The van der Waals surface area contributed by atoms with Crippen LogP contribution in [-0.2, 0) is 0 Å². The van der Waals surface area contributed by atoms with Gasteiger partial charge in [0.05, 0.1) is 6.61 Å². The zero-order valence-electron chi connectivity index (χ0n) is 7.38. The first-order valence-electron chi connectivity index (χ1n) is 4.28. The van der Waals surface area contributed by atoms with Crippen LogP contribution >= 0.6 is 0 Å². The molecule has 0 bridgehead atoms. The normalized spacial score (nSPS) is 33.0. The zero-order chi connectivity index (χ0) is 8.27. The van der Waals surface area contributed by atoms with E-state index in [0.717, 1.165) is 13.1 Å². The largest absolute Gasteiger partial charge is 0.395 e. The fraction of sp³-hybridized carbons (Fsp3) is 1.00. The van der Waals surface area contributed by atoms with Crippen LogP contribution in [0, 0.1) is 0 Å². The van der Waals surface area contributed by atoms with Crippen molar-refractivity contribution in [3.63, 3.8) is 0 Å². The molecule has 0 radical (unpaired) electrons. The monoisotopic (exact) mass is 158 g/mol. The lowest BCUT2D eigenvalue weighted by Crippen LogP contribution is -2.33. The van der Waals surface area contributed by atoms with Gasteiger partial charge in [-0.3, -0.25) is 0 Å². The van der Waals surface area contributed by atoms with Crippen LogP contribution in [0.2, 0.25) is 0 Å². The molecule has 0 saturated carbocycles. The van der Waals surface area contributed by atoms with Gasteiger partial charge in [0.1, 0.15) is 0 Å². The van der Waals surface area contributed by atoms with Gasteiger partial charge in [-0.05, 0) is 20.4 Å². The number of aliphatic hydroxyl groups excluding tert-OH is 1. The van der Waals surface area contributed by atoms with Gasteiger partial charge in [0.2, 0.25) is 0 Å². The number of nitrogens with zero attached hydrogens (tertiary/aromatic N) is 1. The molecule has 2 atom stereocenters. The van der Waals surface area contributed by atoms with E-state index in [-0.39, 0.29) is 6.61 Å². The average molecular weight is 158 g/mol. The highest BCUT2D eigenvalue weighted by Crippen LogP contribution is 2.14. The maximum absolute atomic E-state index is 8.58. The van der Waals surface area contributed by atoms with Crippen LogP contribution in [0.25, 0.3) is 0 Å². The lowest BCUT2D eigenvalue weighted by atomic mass is 10.2. The van der Waals surface area contributed by atoms with Gasteiger partial charge in [-0.15, -0.1) is 0 Å². The van der Waals surface area contributed by atoms with Gasteiger partial charge in [0.15, 0.2) is 0 Å². The Morgan fingerprint density at radius 3 is 2.82 bits per heavy atom. The Bertz CT molecular complexity index is 109. The van der Waals surface area contributed by atoms with E-state index < -0.39 is 0 Å². The first kappa shape index (κ1) is 8.97. The van der Waals surface area contributed by atoms with E-state index in [0.29, 0.717) is 12.1 Å². The Morgan fingerprint density at radius 1 is 1.64 bits per heavy atom. The SMILES string of the molecule is CC1CC(NCCO)CN1C. The van der Waals surface area contributed by atoms with E-state index in [1.165, 1.54) is 6.42 Å². The minimum Gasteiger partial charge on any atom is -0.395 e. The lowest BCUT2D eigenvalue weighted by Gasteiger charge is -2.12. The second-order valence-corrected chi connectivity index (χ2v) is 3.40. The molecule has 0 amide bonds. The minimum atomic E-state index is 0.245. The topological polar surface area (TPSA) is 35.5 Å². The smallest absolute Gasteiger partial charge is 0.0556 e. The molecule has 0 spiro atoms. The van der Waals surface area contributed by atoms with Crippen LogP contribution in [0.5, 0.6) is 0 Å². The van der Waals surface area contributed by atoms with E-state index in [4.69, 9.17) is 5.11 Å². The molecule has 1 fully saturated rings. The van der Waals surface area contributed by atoms with E-state index in [1.54, 1.807) is 0 Å². The summed E-state index contributed by atoms with van der Waals surface area (Å²) < 4.78 is 0. The number of likely N-dealkylation sites (N-methyl/N-ethyl adjacent to an activating group) is 1. The van der Waals surface area contributed by atoms with Crippen LogP contribution in [-0.4, -0.2) is 48.8 Å². The Balaban J connectivity index is 2.18. The molecule has 0 aromatic carbocycles. The minimum absolute atomic E-state index is 0.245. The molecule has 1 aliphatic rings. The quantitative estimate of drug-likeness (QED) is 0.590. The second kappa shape index (κ2) is 4.04. The molecule has 2 N–H and O–H groups in total. The molecule has 1 saturated heterocycles. The molecule has 1 heterocycles. The van der Waals surface area contributed by atoms with Crippen molar-refractivity contribution in [2.45, 2.75) is 25.4 Å². The summed E-state index contributed by atoms with van der Waals surface area (Å²) in [5.41, 5.74) is 0. The van der Waals surface area contributed by atoms with E-state index >= 15 is 0 Å². The molecule has 66 valence electrons. The summed E-state index contributed by atoms with van der Waals surface area (Å²) in [6.07, 6.45) is 1.20. The molecule has 3 nitrogen and oxygen atoms in total. The van der Waals surface area contributed by atoms with Crippen LogP contribution in [0.15, 0.2) is 0 Å². The van der Waals surface area contributed by atoms with E-state index in [2.05, 4.69) is 24.2 Å². The predicted molar refractivity (Wildman–Crippen MR) is 45.6 cm³/mol. The summed E-state index contributed by atoms with van der Waals surface area (Å²) in [5, 5.41) is 11.9. The number of nitrogens with one attached hydrogen (secondary N) is 1. The summed E-state index contributed by atoms with van der Waals surface area (Å²) in [5.74, 6) is 0. The first-order valence-corrected chi connectivity index (χ1v) is 4.28. The third-order valence-corrected chi connectivity index (χ3v) is 2.43. The van der Waals surface area contributed by atoms with Crippen molar-refractivity contribution in [3.8, 4) is 0 Å². The van der Waals surface area contributed by atoms with Gasteiger partial charge in [-0.1, -0.05) is 0 Å². The second-order valence-electron chi connectivity index (χ2n) is 3.40. The van der Waals surface area contributed by atoms with Crippen molar-refractivity contribution in [1.29, 1.82) is 0 Å². The number of hydrogen-bond donors (Lipinski definition) is 2. The van der Waals surface area contributed by atoms with Gasteiger partial charge in [0, 0.05) is 25.2 Å². The van der Waals surface area contributed by atoms with Crippen molar-refractivity contribution in [2.24, 2.45) is 0 Å². The molecule has 1 aliphatic heterocycles. The number of hydrogen-bond acceptors (Lipinski definition) is 3. The van der Waals surface area contributed by atoms with Gasteiger partial charge in [0.25, 0.3) is 0 Å². The van der Waals surface area contributed by atoms with Crippen LogP contribution < -0.4 is 5.32 Å². The van der Waals surface area contributed by atoms with Crippen molar-refractivity contribution in [1.82, 2.24) is 10.2 Å². The first-order chi connectivity index (χ1) is 5.24. The summed E-state index contributed by atoms with van der Waals surface area (Å²) in [6.45, 7) is 4.32. The Hall–Kier alpha value is -0.120. The van der Waals surface area contributed by atoms with Gasteiger partial charge in [-0.2, -0.15) is 0 Å². The molecule has 0 aliphatic carbocycles. The molecular weight excluding hydrogens is 140 g/mol. The summed E-state index contributed by atoms with van der Waals surface area (Å²) in [6, 6.07) is 1.27. The molecule has 0 aromatic rings. The van der Waals surface area contributed by atoms with E-state index in [9.17, 15) is 0 Å². The molecule has 1 rings (SSSR count). The highest BCUT2D eigenvalue weighted by atomic mass is 16.3. The Labute approximate surface area is 68.4 Å². The highest BCUT2D eigenvalue weighted by Gasteiger charge is 2.24. The van der Waals surface area contributed by atoms with Crippen molar-refractivity contribution in [2.75, 3.05) is 26.7 Å². The fourth-order valence-electron chi connectivity index (χ4n) is 1.61. The summed E-state index contributed by atoms with van der Waals surface area (Å²) in [7, 11) is 2.14. The number of rotatable bonds is 3. The zero-order valence-corrected chi connectivity index (χ0v) is 7.38. The van der Waals surface area contributed by atoms with E-state index in [1.807, 2.05) is 0 Å². The van der Waals surface area contributed by atoms with Crippen molar-refractivity contribution >= 4 is 0 Å². The van der Waals surface area contributed by atoms with Gasteiger partial charge < -0.3 is 15.3 Å². The Morgan fingerprint density at radius 2 is 2.36 bits per heavy atom. The van der Waals surface area contributed by atoms with Crippen molar-refractivity contribution in [3.05, 3.63) is 0 Å². The fourth-order valence-corrected chi connectivity index (χ4v) is 1.61. The van der Waals surface area contributed by atoms with Crippen LogP contribution in [0.4, 0.5) is 0 Å².